The molecule has 0 aromatic carbocycles. The minimum Gasteiger partial charge on any atom is -0.353 e. The van der Waals surface area contributed by atoms with Crippen LogP contribution < -0.4 is 5.32 Å². The van der Waals surface area contributed by atoms with Gasteiger partial charge in [-0.15, -0.1) is 0 Å². The summed E-state index contributed by atoms with van der Waals surface area (Å²) in [5.74, 6) is 0.970. The van der Waals surface area contributed by atoms with Crippen molar-refractivity contribution in [2.75, 3.05) is 18.1 Å². The maximum atomic E-state index is 5.93. The first-order valence-electron chi connectivity index (χ1n) is 5.90. The molecule has 3 rings (SSSR count). The first-order chi connectivity index (χ1) is 9.21. The van der Waals surface area contributed by atoms with Crippen LogP contribution in [0.2, 0.25) is 5.28 Å². The van der Waals surface area contributed by atoms with Gasteiger partial charge in [0.1, 0.15) is 6.33 Å². The fraction of sp³-hybridized carbons (Fsp3) is 0.455. The van der Waals surface area contributed by atoms with Gasteiger partial charge in [0, 0.05) is 23.7 Å². The maximum Gasteiger partial charge on any atom is 0.241 e. The second kappa shape index (κ2) is 4.97. The number of halogens is 1. The molecular weight excluding hydrogens is 284 g/mol. The molecule has 1 N–H and O–H groups in total. The smallest absolute Gasteiger partial charge is 0.241 e. The Morgan fingerprint density at radius 3 is 2.89 bits per heavy atom. The predicted molar refractivity (Wildman–Crippen MR) is 75.9 cm³/mol. The van der Waals surface area contributed by atoms with Gasteiger partial charge in [0.2, 0.25) is 17.2 Å². The van der Waals surface area contributed by atoms with Gasteiger partial charge < -0.3 is 5.32 Å². The molecule has 8 heteroatoms. The number of hydrogen-bond acceptors (Lipinski definition) is 6. The summed E-state index contributed by atoms with van der Waals surface area (Å²) in [6, 6.07) is 0. The van der Waals surface area contributed by atoms with Crippen LogP contribution in [0.5, 0.6) is 0 Å². The monoisotopic (exact) mass is 296 g/mol. The van der Waals surface area contributed by atoms with Crippen LogP contribution in [0.25, 0.3) is 5.95 Å². The fourth-order valence-electron chi connectivity index (χ4n) is 1.74. The zero-order chi connectivity index (χ0) is 13.3. The van der Waals surface area contributed by atoms with Gasteiger partial charge >= 0.3 is 0 Å². The van der Waals surface area contributed by atoms with E-state index in [0.29, 0.717) is 16.6 Å². The number of thioether (sulfide) groups is 1. The maximum absolute atomic E-state index is 5.93. The van der Waals surface area contributed by atoms with E-state index < -0.39 is 0 Å². The number of nitrogens with one attached hydrogen (secondary N) is 1. The molecule has 0 atom stereocenters. The molecule has 0 spiro atoms. The van der Waals surface area contributed by atoms with E-state index in [-0.39, 0.29) is 5.28 Å². The van der Waals surface area contributed by atoms with E-state index in [1.807, 2.05) is 11.8 Å². The second-order valence-corrected chi connectivity index (χ2v) is 6.05. The zero-order valence-electron chi connectivity index (χ0n) is 10.4. The molecule has 0 amide bonds. The highest BCUT2D eigenvalue weighted by Gasteiger charge is 2.41. The minimum absolute atomic E-state index is 0.176. The number of imidazole rings is 1. The van der Waals surface area contributed by atoms with Gasteiger partial charge in [0.15, 0.2) is 0 Å². The van der Waals surface area contributed by atoms with Crippen LogP contribution in [0.15, 0.2) is 18.7 Å². The molecule has 0 bridgehead atoms. The molecule has 0 saturated heterocycles. The van der Waals surface area contributed by atoms with Crippen molar-refractivity contribution in [3.8, 4) is 5.95 Å². The highest BCUT2D eigenvalue weighted by atomic mass is 35.5. The van der Waals surface area contributed by atoms with E-state index in [0.717, 1.165) is 6.54 Å². The van der Waals surface area contributed by atoms with Crippen LogP contribution in [0.4, 0.5) is 5.95 Å². The van der Waals surface area contributed by atoms with Crippen LogP contribution in [0, 0.1) is 0 Å². The van der Waals surface area contributed by atoms with Crippen molar-refractivity contribution >= 4 is 29.3 Å². The third kappa shape index (κ3) is 2.82. The van der Waals surface area contributed by atoms with Crippen molar-refractivity contribution in [2.24, 2.45) is 0 Å². The lowest BCUT2D eigenvalue weighted by Crippen LogP contribution is -2.19. The van der Waals surface area contributed by atoms with Crippen LogP contribution in [0.1, 0.15) is 12.8 Å². The van der Waals surface area contributed by atoms with E-state index in [1.165, 1.54) is 12.8 Å². The molecule has 1 saturated carbocycles. The van der Waals surface area contributed by atoms with Gasteiger partial charge in [-0.1, -0.05) is 0 Å². The van der Waals surface area contributed by atoms with E-state index >= 15 is 0 Å². The van der Waals surface area contributed by atoms with Crippen molar-refractivity contribution in [1.29, 1.82) is 0 Å². The quantitative estimate of drug-likeness (QED) is 0.910. The molecule has 2 heterocycles. The Labute approximate surface area is 120 Å². The average Bonchev–Trinajstić information content (AvgIpc) is 2.98. The predicted octanol–water partition coefficient (Wildman–Crippen LogP) is 2.02. The standard InChI is InChI=1S/C11H13ClN6S/c1-19-11(2-3-11)6-14-9-15-8(12)16-10(17-9)18-5-4-13-7-18/h4-5,7H,2-3,6H2,1H3,(H,14,15,16,17). The zero-order valence-corrected chi connectivity index (χ0v) is 11.9. The minimum atomic E-state index is 0.176. The largest absolute Gasteiger partial charge is 0.353 e. The number of aromatic nitrogens is 5. The Hall–Kier alpha value is -1.34. The molecule has 6 nitrogen and oxygen atoms in total. The molecule has 19 heavy (non-hydrogen) atoms. The number of anilines is 1. The van der Waals surface area contributed by atoms with Crippen molar-refractivity contribution in [3.05, 3.63) is 24.0 Å². The lowest BCUT2D eigenvalue weighted by atomic mass is 10.4. The summed E-state index contributed by atoms with van der Waals surface area (Å²) in [7, 11) is 0. The van der Waals surface area contributed by atoms with Gasteiger partial charge in [-0.25, -0.2) is 4.98 Å². The Kier molecular flexibility index (Phi) is 3.32. The van der Waals surface area contributed by atoms with Gasteiger partial charge in [0.05, 0.1) is 0 Å². The second-order valence-electron chi connectivity index (χ2n) is 4.44. The molecule has 1 aliphatic carbocycles. The molecule has 2 aromatic heterocycles. The molecular formula is C11H13ClN6S. The van der Waals surface area contributed by atoms with Gasteiger partial charge in [-0.2, -0.15) is 26.7 Å². The average molecular weight is 297 g/mol. The summed E-state index contributed by atoms with van der Waals surface area (Å²) < 4.78 is 2.04. The molecule has 0 unspecified atom stereocenters. The molecule has 0 radical (unpaired) electrons. The summed E-state index contributed by atoms with van der Waals surface area (Å²) >= 11 is 7.81. The van der Waals surface area contributed by atoms with E-state index in [2.05, 4.69) is 31.5 Å². The highest BCUT2D eigenvalue weighted by molar-refractivity contribution is 8.00. The van der Waals surface area contributed by atoms with Crippen LogP contribution in [-0.4, -0.2) is 42.1 Å². The Morgan fingerprint density at radius 1 is 1.42 bits per heavy atom. The van der Waals surface area contributed by atoms with Crippen molar-refractivity contribution in [1.82, 2.24) is 24.5 Å². The normalized spacial score (nSPS) is 16.3. The molecule has 1 aliphatic rings. The van der Waals surface area contributed by atoms with Gasteiger partial charge in [-0.3, -0.25) is 4.57 Å². The molecule has 100 valence electrons. The lowest BCUT2D eigenvalue weighted by molar-refractivity contribution is 0.872. The SMILES string of the molecule is CSC1(CNc2nc(Cl)nc(-n3ccnc3)n2)CC1. The van der Waals surface area contributed by atoms with Gasteiger partial charge in [0.25, 0.3) is 0 Å². The topological polar surface area (TPSA) is 68.5 Å². The van der Waals surface area contributed by atoms with Crippen molar-refractivity contribution in [3.63, 3.8) is 0 Å². The number of nitrogens with zero attached hydrogens (tertiary/aromatic N) is 5. The Balaban J connectivity index is 1.78. The van der Waals surface area contributed by atoms with Crippen LogP contribution in [0.3, 0.4) is 0 Å². The first kappa shape index (κ1) is 12.7. The first-order valence-corrected chi connectivity index (χ1v) is 7.50. The van der Waals surface area contributed by atoms with Crippen molar-refractivity contribution < 1.29 is 0 Å². The summed E-state index contributed by atoms with van der Waals surface area (Å²) in [4.78, 5) is 16.5. The molecule has 0 aliphatic heterocycles. The third-order valence-corrected chi connectivity index (χ3v) is 4.73. The summed E-state index contributed by atoms with van der Waals surface area (Å²) in [5.41, 5.74) is 0. The molecule has 1 fully saturated rings. The summed E-state index contributed by atoms with van der Waals surface area (Å²) in [6.45, 7) is 0.845. The van der Waals surface area contributed by atoms with E-state index in [4.69, 9.17) is 11.6 Å². The van der Waals surface area contributed by atoms with E-state index in [1.54, 1.807) is 23.3 Å². The third-order valence-electron chi connectivity index (χ3n) is 3.14. The lowest BCUT2D eigenvalue weighted by Gasteiger charge is -2.13. The summed E-state index contributed by atoms with van der Waals surface area (Å²) in [6.07, 6.45) is 9.64. The number of rotatable bonds is 5. The van der Waals surface area contributed by atoms with Crippen molar-refractivity contribution in [2.45, 2.75) is 17.6 Å². The van der Waals surface area contributed by atoms with E-state index in [9.17, 15) is 0 Å². The summed E-state index contributed by atoms with van der Waals surface area (Å²) in [5, 5.41) is 3.42. The Morgan fingerprint density at radius 2 is 2.26 bits per heavy atom. The van der Waals surface area contributed by atoms with Crippen LogP contribution >= 0.6 is 23.4 Å². The van der Waals surface area contributed by atoms with Crippen LogP contribution in [-0.2, 0) is 0 Å². The molecule has 2 aromatic rings. The highest BCUT2D eigenvalue weighted by Crippen LogP contribution is 2.46. The fourth-order valence-corrected chi connectivity index (χ4v) is 2.63. The van der Waals surface area contributed by atoms with Gasteiger partial charge in [-0.05, 0) is 30.7 Å². The number of hydrogen-bond donors (Lipinski definition) is 1. The Bertz CT molecular complexity index is 569.